The largest absolute Gasteiger partial charge is 0.340 e. The van der Waals surface area contributed by atoms with E-state index in [-0.39, 0.29) is 17.7 Å². The molecule has 2 unspecified atom stereocenters. The van der Waals surface area contributed by atoms with E-state index >= 15 is 0 Å². The first kappa shape index (κ1) is 14.5. The standard InChI is InChI=1S/C15H16BrFN2O2/c1-8-13(20)18-15(2,9-3-4-9)14(21)19(8)12-6-5-10(17)7-11(12)16/h5-9H,3-4H2,1-2H3,(H,18,20). The number of carbonyl (C=O) groups excluding carboxylic acids is 2. The zero-order chi connectivity index (χ0) is 15.4. The molecule has 2 fully saturated rings. The summed E-state index contributed by atoms with van der Waals surface area (Å²) in [5.74, 6) is -0.523. The van der Waals surface area contributed by atoms with Gasteiger partial charge >= 0.3 is 0 Å². The van der Waals surface area contributed by atoms with Gasteiger partial charge < -0.3 is 5.32 Å². The van der Waals surface area contributed by atoms with Gasteiger partial charge in [-0.3, -0.25) is 14.5 Å². The predicted octanol–water partition coefficient (Wildman–Crippen LogP) is 2.61. The highest BCUT2D eigenvalue weighted by atomic mass is 79.9. The number of nitrogens with one attached hydrogen (secondary N) is 1. The summed E-state index contributed by atoms with van der Waals surface area (Å²) in [6, 6.07) is 3.50. The van der Waals surface area contributed by atoms with Crippen molar-refractivity contribution in [3.8, 4) is 0 Å². The molecule has 112 valence electrons. The number of halogens is 2. The van der Waals surface area contributed by atoms with Crippen molar-refractivity contribution in [3.05, 3.63) is 28.5 Å². The van der Waals surface area contributed by atoms with Crippen LogP contribution in [0.25, 0.3) is 0 Å². The Morgan fingerprint density at radius 1 is 1.38 bits per heavy atom. The monoisotopic (exact) mass is 354 g/mol. The van der Waals surface area contributed by atoms with Crippen LogP contribution in [0.5, 0.6) is 0 Å². The van der Waals surface area contributed by atoms with Crippen LogP contribution in [0, 0.1) is 11.7 Å². The molecular formula is C15H16BrFN2O2. The number of hydrogen-bond donors (Lipinski definition) is 1. The number of benzene rings is 1. The van der Waals surface area contributed by atoms with Gasteiger partial charge in [-0.15, -0.1) is 0 Å². The first-order valence-electron chi connectivity index (χ1n) is 6.95. The van der Waals surface area contributed by atoms with Crippen molar-refractivity contribution in [1.82, 2.24) is 5.32 Å². The highest BCUT2D eigenvalue weighted by Crippen LogP contribution is 2.43. The van der Waals surface area contributed by atoms with Gasteiger partial charge in [-0.05, 0) is 66.7 Å². The lowest BCUT2D eigenvalue weighted by molar-refractivity contribution is -0.138. The molecule has 1 aliphatic heterocycles. The Morgan fingerprint density at radius 3 is 2.62 bits per heavy atom. The van der Waals surface area contributed by atoms with Crippen LogP contribution in [0.15, 0.2) is 22.7 Å². The summed E-state index contributed by atoms with van der Waals surface area (Å²) in [5.41, 5.74) is -0.340. The highest BCUT2D eigenvalue weighted by molar-refractivity contribution is 9.10. The second kappa shape index (κ2) is 4.80. The smallest absolute Gasteiger partial charge is 0.253 e. The Kier molecular flexibility index (Phi) is 3.31. The summed E-state index contributed by atoms with van der Waals surface area (Å²) in [6.45, 7) is 3.46. The van der Waals surface area contributed by atoms with Crippen molar-refractivity contribution in [2.24, 2.45) is 5.92 Å². The lowest BCUT2D eigenvalue weighted by atomic mass is 9.89. The molecule has 2 atom stereocenters. The third kappa shape index (κ3) is 2.25. The third-order valence-electron chi connectivity index (χ3n) is 4.38. The van der Waals surface area contributed by atoms with Crippen LogP contribution >= 0.6 is 15.9 Å². The van der Waals surface area contributed by atoms with Crippen LogP contribution in [-0.2, 0) is 9.59 Å². The Morgan fingerprint density at radius 2 is 2.05 bits per heavy atom. The van der Waals surface area contributed by atoms with Crippen LogP contribution in [0.3, 0.4) is 0 Å². The van der Waals surface area contributed by atoms with E-state index in [9.17, 15) is 14.0 Å². The van der Waals surface area contributed by atoms with E-state index in [0.717, 1.165) is 12.8 Å². The molecule has 1 saturated heterocycles. The molecule has 0 bridgehead atoms. The highest BCUT2D eigenvalue weighted by Gasteiger charge is 2.55. The van der Waals surface area contributed by atoms with E-state index in [1.54, 1.807) is 13.8 Å². The summed E-state index contributed by atoms with van der Waals surface area (Å²) in [6.07, 6.45) is 1.88. The number of rotatable bonds is 2. The Bertz CT molecular complexity index is 632. The lowest BCUT2D eigenvalue weighted by Crippen LogP contribution is -2.70. The van der Waals surface area contributed by atoms with E-state index in [4.69, 9.17) is 0 Å². The molecule has 1 aliphatic carbocycles. The third-order valence-corrected chi connectivity index (χ3v) is 5.01. The molecule has 1 aromatic carbocycles. The fourth-order valence-electron chi connectivity index (χ4n) is 2.89. The Labute approximate surface area is 130 Å². The molecule has 21 heavy (non-hydrogen) atoms. The van der Waals surface area contributed by atoms with Crippen LogP contribution < -0.4 is 10.2 Å². The Hall–Kier alpha value is -1.43. The second-order valence-electron chi connectivity index (χ2n) is 5.91. The average molecular weight is 355 g/mol. The Balaban J connectivity index is 2.05. The van der Waals surface area contributed by atoms with Crippen molar-refractivity contribution in [2.45, 2.75) is 38.3 Å². The van der Waals surface area contributed by atoms with Gasteiger partial charge in [0.05, 0.1) is 5.69 Å². The van der Waals surface area contributed by atoms with Crippen LogP contribution in [0.2, 0.25) is 0 Å². The molecule has 6 heteroatoms. The number of anilines is 1. The van der Waals surface area contributed by atoms with Gasteiger partial charge in [-0.2, -0.15) is 0 Å². The van der Waals surface area contributed by atoms with Gasteiger partial charge in [0.25, 0.3) is 5.91 Å². The number of amides is 2. The van der Waals surface area contributed by atoms with E-state index < -0.39 is 17.4 Å². The lowest BCUT2D eigenvalue weighted by Gasteiger charge is -2.43. The molecule has 0 radical (unpaired) electrons. The quantitative estimate of drug-likeness (QED) is 0.887. The van der Waals surface area contributed by atoms with Crippen molar-refractivity contribution in [2.75, 3.05) is 4.90 Å². The van der Waals surface area contributed by atoms with E-state index in [1.165, 1.54) is 23.1 Å². The van der Waals surface area contributed by atoms with Gasteiger partial charge in [0.2, 0.25) is 5.91 Å². The minimum atomic E-state index is -0.864. The maximum atomic E-state index is 13.3. The van der Waals surface area contributed by atoms with Crippen molar-refractivity contribution >= 4 is 33.4 Å². The average Bonchev–Trinajstić information content (AvgIpc) is 3.24. The fraction of sp³-hybridized carbons (Fsp3) is 0.467. The maximum absolute atomic E-state index is 13.3. The van der Waals surface area contributed by atoms with Crippen molar-refractivity contribution in [1.29, 1.82) is 0 Å². The van der Waals surface area contributed by atoms with Gasteiger partial charge in [0.1, 0.15) is 17.4 Å². The summed E-state index contributed by atoms with van der Waals surface area (Å²) < 4.78 is 13.7. The molecule has 1 heterocycles. The summed E-state index contributed by atoms with van der Waals surface area (Å²) >= 11 is 3.28. The van der Waals surface area contributed by atoms with Crippen molar-refractivity contribution < 1.29 is 14.0 Å². The summed E-state index contributed by atoms with van der Waals surface area (Å²) in [4.78, 5) is 26.6. The van der Waals surface area contributed by atoms with Crippen molar-refractivity contribution in [3.63, 3.8) is 0 Å². The maximum Gasteiger partial charge on any atom is 0.253 e. The van der Waals surface area contributed by atoms with E-state index in [0.29, 0.717) is 10.2 Å². The van der Waals surface area contributed by atoms with Crippen LogP contribution in [0.4, 0.5) is 10.1 Å². The molecule has 1 aromatic rings. The number of nitrogens with zero attached hydrogens (tertiary/aromatic N) is 1. The zero-order valence-electron chi connectivity index (χ0n) is 11.8. The van der Waals surface area contributed by atoms with E-state index in [1.807, 2.05) is 0 Å². The first-order valence-corrected chi connectivity index (χ1v) is 7.74. The first-order chi connectivity index (χ1) is 9.84. The topological polar surface area (TPSA) is 49.4 Å². The predicted molar refractivity (Wildman–Crippen MR) is 80.3 cm³/mol. The molecule has 2 amide bonds. The molecule has 3 rings (SSSR count). The van der Waals surface area contributed by atoms with Crippen LogP contribution in [0.1, 0.15) is 26.7 Å². The minimum absolute atomic E-state index is 0.135. The molecule has 1 saturated carbocycles. The fourth-order valence-corrected chi connectivity index (χ4v) is 3.43. The number of carbonyl (C=O) groups is 2. The van der Waals surface area contributed by atoms with Gasteiger partial charge in [0.15, 0.2) is 0 Å². The normalized spacial score (nSPS) is 29.5. The van der Waals surface area contributed by atoms with Gasteiger partial charge in [-0.25, -0.2) is 4.39 Å². The number of hydrogen-bond acceptors (Lipinski definition) is 2. The molecule has 0 spiro atoms. The van der Waals surface area contributed by atoms with Crippen LogP contribution in [-0.4, -0.2) is 23.4 Å². The molecule has 0 aromatic heterocycles. The molecule has 2 aliphatic rings. The second-order valence-corrected chi connectivity index (χ2v) is 6.77. The van der Waals surface area contributed by atoms with Gasteiger partial charge in [-0.1, -0.05) is 0 Å². The minimum Gasteiger partial charge on any atom is -0.340 e. The summed E-state index contributed by atoms with van der Waals surface area (Å²) in [7, 11) is 0. The molecule has 4 nitrogen and oxygen atoms in total. The SMILES string of the molecule is CC1C(=O)NC(C)(C2CC2)C(=O)N1c1ccc(F)cc1Br. The summed E-state index contributed by atoms with van der Waals surface area (Å²) in [5, 5.41) is 2.87. The van der Waals surface area contributed by atoms with E-state index in [2.05, 4.69) is 21.2 Å². The molecule has 1 N–H and O–H groups in total. The number of piperazine rings is 1. The zero-order valence-corrected chi connectivity index (χ0v) is 13.4. The van der Waals surface area contributed by atoms with Gasteiger partial charge in [0, 0.05) is 4.47 Å². The molecular weight excluding hydrogens is 339 g/mol.